The minimum Gasteiger partial charge on any atom is -0.482 e. The van der Waals surface area contributed by atoms with Crippen LogP contribution in [0.2, 0.25) is 0 Å². The summed E-state index contributed by atoms with van der Waals surface area (Å²) in [4.78, 5) is 13.6. The van der Waals surface area contributed by atoms with E-state index in [1.165, 1.54) is 0 Å². The first kappa shape index (κ1) is 15.1. The Balaban J connectivity index is 1.86. The van der Waals surface area contributed by atoms with Gasteiger partial charge in [-0.05, 0) is 55.5 Å². The van der Waals surface area contributed by atoms with Crippen molar-refractivity contribution in [2.24, 2.45) is 0 Å². The zero-order valence-electron chi connectivity index (χ0n) is 12.3. The topological polar surface area (TPSA) is 80.4 Å². The fraction of sp³-hybridized carbons (Fsp3) is 0.125. The van der Waals surface area contributed by atoms with E-state index in [1.54, 1.807) is 24.3 Å². The second-order valence-corrected chi connectivity index (χ2v) is 5.32. The minimum absolute atomic E-state index is 0.370. The number of aromatic amines is 1. The SMILES string of the molecule is Cc1ccc(-c2cn(-c3ccc(OCC(=O)O)cc3)c(=S)[nH]2)o1. The molecule has 0 bridgehead atoms. The number of carbonyl (C=O) groups is 1. The van der Waals surface area contributed by atoms with Crippen molar-refractivity contribution in [2.45, 2.75) is 6.92 Å². The van der Waals surface area contributed by atoms with Gasteiger partial charge in [-0.2, -0.15) is 0 Å². The molecule has 0 amide bonds. The van der Waals surface area contributed by atoms with Gasteiger partial charge in [0, 0.05) is 11.9 Å². The van der Waals surface area contributed by atoms with Crippen molar-refractivity contribution in [3.63, 3.8) is 0 Å². The number of ether oxygens (including phenoxy) is 1. The molecule has 3 aromatic rings. The second kappa shape index (κ2) is 6.13. The van der Waals surface area contributed by atoms with Crippen molar-refractivity contribution in [1.82, 2.24) is 9.55 Å². The number of hydrogen-bond acceptors (Lipinski definition) is 4. The van der Waals surface area contributed by atoms with E-state index >= 15 is 0 Å². The zero-order valence-corrected chi connectivity index (χ0v) is 13.1. The Bertz CT molecular complexity index is 889. The number of nitrogens with one attached hydrogen (secondary N) is 1. The molecule has 2 aromatic heterocycles. The van der Waals surface area contributed by atoms with E-state index in [4.69, 9.17) is 26.5 Å². The average Bonchev–Trinajstić information content (AvgIpc) is 3.12. The van der Waals surface area contributed by atoms with Gasteiger partial charge in [0.2, 0.25) is 0 Å². The Kier molecular flexibility index (Phi) is 4.03. The van der Waals surface area contributed by atoms with Crippen LogP contribution in [-0.2, 0) is 4.79 Å². The van der Waals surface area contributed by atoms with Crippen molar-refractivity contribution in [1.29, 1.82) is 0 Å². The van der Waals surface area contributed by atoms with E-state index in [1.807, 2.05) is 29.8 Å². The number of aromatic nitrogens is 2. The summed E-state index contributed by atoms with van der Waals surface area (Å²) in [6, 6.07) is 10.8. The molecule has 118 valence electrons. The van der Waals surface area contributed by atoms with Crippen LogP contribution >= 0.6 is 12.2 Å². The number of aryl methyl sites for hydroxylation is 1. The lowest BCUT2D eigenvalue weighted by molar-refractivity contribution is -0.139. The maximum atomic E-state index is 10.5. The fourth-order valence-electron chi connectivity index (χ4n) is 2.14. The number of H-pyrrole nitrogens is 1. The Hall–Kier alpha value is -2.80. The highest BCUT2D eigenvalue weighted by Crippen LogP contribution is 2.23. The van der Waals surface area contributed by atoms with Crippen LogP contribution in [0, 0.1) is 11.7 Å². The number of rotatable bonds is 5. The fourth-order valence-corrected chi connectivity index (χ4v) is 2.41. The van der Waals surface area contributed by atoms with Gasteiger partial charge in [0.25, 0.3) is 0 Å². The second-order valence-electron chi connectivity index (χ2n) is 4.93. The summed E-state index contributed by atoms with van der Waals surface area (Å²) >= 11 is 5.34. The molecule has 0 aliphatic carbocycles. The summed E-state index contributed by atoms with van der Waals surface area (Å²) in [5.41, 5.74) is 1.62. The number of hydrogen-bond donors (Lipinski definition) is 2. The summed E-state index contributed by atoms with van der Waals surface area (Å²) in [6.07, 6.45) is 1.85. The maximum absolute atomic E-state index is 10.5. The van der Waals surface area contributed by atoms with Crippen molar-refractivity contribution in [3.8, 4) is 22.9 Å². The number of nitrogens with zero attached hydrogens (tertiary/aromatic N) is 1. The van der Waals surface area contributed by atoms with E-state index in [9.17, 15) is 4.79 Å². The number of carboxylic acids is 1. The van der Waals surface area contributed by atoms with E-state index in [-0.39, 0.29) is 6.61 Å². The predicted molar refractivity (Wildman–Crippen MR) is 86.5 cm³/mol. The third kappa shape index (κ3) is 3.35. The smallest absolute Gasteiger partial charge is 0.341 e. The Morgan fingerprint density at radius 3 is 2.65 bits per heavy atom. The average molecular weight is 330 g/mol. The largest absolute Gasteiger partial charge is 0.482 e. The lowest BCUT2D eigenvalue weighted by Crippen LogP contribution is -2.09. The molecule has 0 radical (unpaired) electrons. The molecule has 2 heterocycles. The van der Waals surface area contributed by atoms with Crippen LogP contribution in [0.3, 0.4) is 0 Å². The first-order valence-corrected chi connectivity index (χ1v) is 7.27. The van der Waals surface area contributed by atoms with Crippen molar-refractivity contribution in [3.05, 3.63) is 53.1 Å². The molecule has 0 atom stereocenters. The first-order chi connectivity index (χ1) is 11.0. The quantitative estimate of drug-likeness (QED) is 0.699. The first-order valence-electron chi connectivity index (χ1n) is 6.86. The molecule has 2 N–H and O–H groups in total. The van der Waals surface area contributed by atoms with Gasteiger partial charge in [-0.25, -0.2) is 4.79 Å². The van der Waals surface area contributed by atoms with Gasteiger partial charge < -0.3 is 19.2 Å². The van der Waals surface area contributed by atoms with Gasteiger partial charge >= 0.3 is 5.97 Å². The molecule has 0 aliphatic heterocycles. The maximum Gasteiger partial charge on any atom is 0.341 e. The third-order valence-electron chi connectivity index (χ3n) is 3.20. The molecule has 0 saturated heterocycles. The number of benzene rings is 1. The molecule has 3 rings (SSSR count). The molecule has 6 nitrogen and oxygen atoms in total. The van der Waals surface area contributed by atoms with Crippen LogP contribution in [-0.4, -0.2) is 27.2 Å². The molecule has 1 aromatic carbocycles. The molecule has 0 fully saturated rings. The summed E-state index contributed by atoms with van der Waals surface area (Å²) < 4.78 is 13.0. The minimum atomic E-state index is -1.01. The molecule has 0 aliphatic rings. The highest BCUT2D eigenvalue weighted by molar-refractivity contribution is 7.71. The third-order valence-corrected chi connectivity index (χ3v) is 3.50. The summed E-state index contributed by atoms with van der Waals surface area (Å²) in [5.74, 6) is 1.01. The van der Waals surface area contributed by atoms with E-state index in [2.05, 4.69) is 4.98 Å². The van der Waals surface area contributed by atoms with Gasteiger partial charge in [0.05, 0.1) is 0 Å². The standard InChI is InChI=1S/C16H14N2O4S/c1-10-2-7-14(22-10)13-8-18(16(23)17-13)11-3-5-12(6-4-11)21-9-15(19)20/h2-8H,9H2,1H3,(H,17,23)(H,19,20). The number of carboxylic acid groups (broad SMARTS) is 1. The predicted octanol–water partition coefficient (Wildman–Crippen LogP) is 3.57. The number of imidazole rings is 1. The summed E-state index contributed by atoms with van der Waals surface area (Å²) in [6.45, 7) is 1.51. The zero-order chi connectivity index (χ0) is 16.4. The molecule has 0 spiro atoms. The Labute approximate surface area is 137 Å². The van der Waals surface area contributed by atoms with Crippen molar-refractivity contribution < 1.29 is 19.1 Å². The summed E-state index contributed by atoms with van der Waals surface area (Å²) in [5, 5.41) is 8.60. The summed E-state index contributed by atoms with van der Waals surface area (Å²) in [7, 11) is 0. The lowest BCUT2D eigenvalue weighted by Gasteiger charge is -2.05. The van der Waals surface area contributed by atoms with Crippen LogP contribution in [0.5, 0.6) is 5.75 Å². The van der Waals surface area contributed by atoms with Gasteiger partial charge in [-0.1, -0.05) is 0 Å². The van der Waals surface area contributed by atoms with Crippen LogP contribution in [0.15, 0.2) is 47.0 Å². The van der Waals surface area contributed by atoms with Gasteiger partial charge in [0.15, 0.2) is 17.1 Å². The Morgan fingerprint density at radius 2 is 2.04 bits per heavy atom. The molecular formula is C16H14N2O4S. The van der Waals surface area contributed by atoms with E-state index < -0.39 is 5.97 Å². The molecular weight excluding hydrogens is 316 g/mol. The van der Waals surface area contributed by atoms with Crippen LogP contribution in [0.1, 0.15) is 5.76 Å². The van der Waals surface area contributed by atoms with Gasteiger partial charge in [0.1, 0.15) is 17.2 Å². The Morgan fingerprint density at radius 1 is 1.30 bits per heavy atom. The van der Waals surface area contributed by atoms with Crippen molar-refractivity contribution >= 4 is 18.2 Å². The van der Waals surface area contributed by atoms with Crippen LogP contribution in [0.25, 0.3) is 17.1 Å². The van der Waals surface area contributed by atoms with Crippen molar-refractivity contribution in [2.75, 3.05) is 6.61 Å². The van der Waals surface area contributed by atoms with E-state index in [0.29, 0.717) is 16.3 Å². The molecule has 7 heteroatoms. The van der Waals surface area contributed by atoms with Crippen LogP contribution in [0.4, 0.5) is 0 Å². The lowest BCUT2D eigenvalue weighted by atomic mass is 10.3. The number of furan rings is 1. The molecule has 0 unspecified atom stereocenters. The van der Waals surface area contributed by atoms with E-state index in [0.717, 1.165) is 17.1 Å². The highest BCUT2D eigenvalue weighted by atomic mass is 32.1. The molecule has 23 heavy (non-hydrogen) atoms. The molecule has 0 saturated carbocycles. The normalized spacial score (nSPS) is 10.7. The van der Waals surface area contributed by atoms with Gasteiger partial charge in [-0.3, -0.25) is 4.57 Å². The highest BCUT2D eigenvalue weighted by Gasteiger charge is 2.08. The van der Waals surface area contributed by atoms with Gasteiger partial charge in [-0.15, -0.1) is 0 Å². The monoisotopic (exact) mass is 330 g/mol. The van der Waals surface area contributed by atoms with Crippen LogP contribution < -0.4 is 4.74 Å². The number of aliphatic carboxylic acids is 1.